The summed E-state index contributed by atoms with van der Waals surface area (Å²) in [4.78, 5) is 12.4. The number of hydrogen-bond acceptors (Lipinski definition) is 4. The van der Waals surface area contributed by atoms with Crippen LogP contribution in [0.4, 0.5) is 5.69 Å². The van der Waals surface area contributed by atoms with Crippen LogP contribution in [-0.4, -0.2) is 41.0 Å². The number of benzene rings is 2. The summed E-state index contributed by atoms with van der Waals surface area (Å²) in [5.74, 6) is -0.281. The molecular weight excluding hydrogens is 386 g/mol. The van der Waals surface area contributed by atoms with Crippen molar-refractivity contribution < 1.29 is 13.2 Å². The number of hydrogen-bond donors (Lipinski definition) is 2. The zero-order valence-electron chi connectivity index (χ0n) is 15.1. The molecule has 27 heavy (non-hydrogen) atoms. The van der Waals surface area contributed by atoms with Crippen molar-refractivity contribution in [1.29, 1.82) is 0 Å². The Balaban J connectivity index is 0.00000261. The third kappa shape index (κ3) is 4.61. The molecule has 0 aromatic heterocycles. The normalized spacial score (nSPS) is 13.4. The van der Waals surface area contributed by atoms with E-state index in [4.69, 9.17) is 0 Å². The molecule has 1 aliphatic rings. The van der Waals surface area contributed by atoms with Crippen LogP contribution in [0, 0.1) is 0 Å². The molecule has 0 radical (unpaired) electrons. The van der Waals surface area contributed by atoms with E-state index in [1.807, 2.05) is 24.3 Å². The zero-order chi connectivity index (χ0) is 18.6. The highest BCUT2D eigenvalue weighted by Gasteiger charge is 2.29. The maximum absolute atomic E-state index is 13.2. The van der Waals surface area contributed by atoms with Gasteiger partial charge in [0.2, 0.25) is 0 Å². The van der Waals surface area contributed by atoms with Gasteiger partial charge in [0.05, 0.1) is 10.6 Å². The minimum atomic E-state index is -3.72. The van der Waals surface area contributed by atoms with E-state index in [2.05, 4.69) is 10.6 Å². The second-order valence-corrected chi connectivity index (χ2v) is 8.06. The fraction of sp³-hybridized carbons (Fsp3) is 0.316. The molecule has 0 unspecified atom stereocenters. The van der Waals surface area contributed by atoms with Gasteiger partial charge in [0.15, 0.2) is 0 Å². The highest BCUT2D eigenvalue weighted by molar-refractivity contribution is 7.92. The quantitative estimate of drug-likeness (QED) is 0.717. The first kappa shape index (κ1) is 21.2. The van der Waals surface area contributed by atoms with Gasteiger partial charge in [-0.15, -0.1) is 12.4 Å². The molecule has 0 saturated heterocycles. The predicted molar refractivity (Wildman–Crippen MR) is 109 cm³/mol. The molecule has 2 aromatic carbocycles. The Morgan fingerprint density at radius 3 is 2.67 bits per heavy atom. The van der Waals surface area contributed by atoms with Crippen molar-refractivity contribution in [2.75, 3.05) is 31.0 Å². The van der Waals surface area contributed by atoms with Gasteiger partial charge in [-0.05, 0) is 49.7 Å². The first-order chi connectivity index (χ1) is 12.5. The molecule has 1 aliphatic heterocycles. The van der Waals surface area contributed by atoms with Gasteiger partial charge < -0.3 is 10.6 Å². The van der Waals surface area contributed by atoms with Gasteiger partial charge in [0, 0.05) is 25.2 Å². The number of carbonyl (C=O) groups excluding carboxylic acids is 1. The van der Waals surface area contributed by atoms with Crippen molar-refractivity contribution in [3.63, 3.8) is 0 Å². The Morgan fingerprint density at radius 2 is 1.89 bits per heavy atom. The lowest BCUT2D eigenvalue weighted by atomic mass is 10.0. The van der Waals surface area contributed by atoms with Crippen LogP contribution in [0.15, 0.2) is 53.4 Å². The van der Waals surface area contributed by atoms with Gasteiger partial charge in [0.1, 0.15) is 0 Å². The minimum absolute atomic E-state index is 0. The van der Waals surface area contributed by atoms with Gasteiger partial charge in [-0.1, -0.05) is 24.3 Å². The fourth-order valence-corrected chi connectivity index (χ4v) is 4.66. The molecule has 3 rings (SSSR count). The standard InChI is InChI=1S/C19H23N3O3S.ClH/c1-20-11-12-21-19(23)16-7-4-9-17(14-16)26(24,25)22-13-5-8-15-6-2-3-10-18(15)22;/h2-4,6-7,9-10,14,20H,5,8,11-13H2,1H3,(H,21,23);1H. The molecule has 0 saturated carbocycles. The summed E-state index contributed by atoms with van der Waals surface area (Å²) in [7, 11) is -1.91. The molecule has 0 spiro atoms. The molecule has 0 aliphatic carbocycles. The molecule has 0 bridgehead atoms. The smallest absolute Gasteiger partial charge is 0.264 e. The molecular formula is C19H24ClN3O3S. The van der Waals surface area contributed by atoms with E-state index >= 15 is 0 Å². The Labute approximate surface area is 166 Å². The number of nitrogens with one attached hydrogen (secondary N) is 2. The van der Waals surface area contributed by atoms with E-state index in [9.17, 15) is 13.2 Å². The van der Waals surface area contributed by atoms with Crippen LogP contribution in [0.1, 0.15) is 22.3 Å². The molecule has 0 fully saturated rings. The molecule has 1 amide bonds. The summed E-state index contributed by atoms with van der Waals surface area (Å²) >= 11 is 0. The number of likely N-dealkylation sites (N-methyl/N-ethyl adjacent to an activating group) is 1. The van der Waals surface area contributed by atoms with Crippen LogP contribution >= 0.6 is 12.4 Å². The Bertz CT molecular complexity index is 903. The molecule has 0 atom stereocenters. The number of fused-ring (bicyclic) bond motifs is 1. The number of sulfonamides is 1. The van der Waals surface area contributed by atoms with Crippen molar-refractivity contribution in [2.45, 2.75) is 17.7 Å². The SMILES string of the molecule is CNCCNC(=O)c1cccc(S(=O)(=O)N2CCCc3ccccc32)c1.Cl. The average Bonchev–Trinajstić information content (AvgIpc) is 2.67. The number of aryl methyl sites for hydroxylation is 1. The maximum Gasteiger partial charge on any atom is 0.264 e. The van der Waals surface area contributed by atoms with Crippen molar-refractivity contribution in [3.8, 4) is 0 Å². The number of anilines is 1. The Hall–Kier alpha value is -2.09. The predicted octanol–water partition coefficient (Wildman–Crippen LogP) is 2.20. The van der Waals surface area contributed by atoms with Crippen molar-refractivity contribution in [2.24, 2.45) is 0 Å². The highest BCUT2D eigenvalue weighted by atomic mass is 35.5. The number of carbonyl (C=O) groups is 1. The molecule has 2 N–H and O–H groups in total. The van der Waals surface area contributed by atoms with E-state index in [1.54, 1.807) is 19.2 Å². The lowest BCUT2D eigenvalue weighted by Crippen LogP contribution is -2.35. The maximum atomic E-state index is 13.2. The monoisotopic (exact) mass is 409 g/mol. The first-order valence-corrected chi connectivity index (χ1v) is 10.1. The van der Waals surface area contributed by atoms with Crippen molar-refractivity contribution >= 4 is 34.0 Å². The third-order valence-corrected chi connectivity index (χ3v) is 6.22. The zero-order valence-corrected chi connectivity index (χ0v) is 16.8. The number of amides is 1. The number of para-hydroxylation sites is 1. The number of halogens is 1. The summed E-state index contributed by atoms with van der Waals surface area (Å²) in [5.41, 5.74) is 2.10. The number of rotatable bonds is 6. The summed E-state index contributed by atoms with van der Waals surface area (Å²) in [6.45, 7) is 1.57. The van der Waals surface area contributed by atoms with Gasteiger partial charge in [0.25, 0.3) is 15.9 Å². The molecule has 146 valence electrons. The second-order valence-electron chi connectivity index (χ2n) is 6.20. The molecule has 2 aromatic rings. The summed E-state index contributed by atoms with van der Waals surface area (Å²) in [5, 5.41) is 5.71. The van der Waals surface area contributed by atoms with Crippen LogP contribution < -0.4 is 14.9 Å². The molecule has 8 heteroatoms. The van der Waals surface area contributed by atoms with Gasteiger partial charge in [-0.2, -0.15) is 0 Å². The van der Waals surface area contributed by atoms with Gasteiger partial charge in [-0.25, -0.2) is 8.42 Å². The van der Waals surface area contributed by atoms with E-state index in [0.29, 0.717) is 25.2 Å². The van der Waals surface area contributed by atoms with Crippen LogP contribution in [0.2, 0.25) is 0 Å². The van der Waals surface area contributed by atoms with Crippen LogP contribution in [-0.2, 0) is 16.4 Å². The molecule has 1 heterocycles. The van der Waals surface area contributed by atoms with Gasteiger partial charge in [-0.3, -0.25) is 9.10 Å². The minimum Gasteiger partial charge on any atom is -0.351 e. The van der Waals surface area contributed by atoms with Gasteiger partial charge >= 0.3 is 0 Å². The van der Waals surface area contributed by atoms with E-state index < -0.39 is 10.0 Å². The number of nitrogens with zero attached hydrogens (tertiary/aromatic N) is 1. The second kappa shape index (κ2) is 9.21. The lowest BCUT2D eigenvalue weighted by molar-refractivity contribution is 0.0954. The lowest BCUT2D eigenvalue weighted by Gasteiger charge is -2.30. The van der Waals surface area contributed by atoms with Crippen LogP contribution in [0.25, 0.3) is 0 Å². The fourth-order valence-electron chi connectivity index (χ4n) is 3.08. The summed E-state index contributed by atoms with van der Waals surface area (Å²) in [6.07, 6.45) is 1.65. The summed E-state index contributed by atoms with van der Waals surface area (Å²) in [6, 6.07) is 13.8. The Kier molecular flexibility index (Phi) is 7.24. The van der Waals surface area contributed by atoms with Crippen molar-refractivity contribution in [3.05, 3.63) is 59.7 Å². The topological polar surface area (TPSA) is 78.5 Å². The highest BCUT2D eigenvalue weighted by Crippen LogP contribution is 2.31. The van der Waals surface area contributed by atoms with Crippen molar-refractivity contribution in [1.82, 2.24) is 10.6 Å². The third-order valence-electron chi connectivity index (χ3n) is 4.41. The molecule has 6 nitrogen and oxygen atoms in total. The summed E-state index contributed by atoms with van der Waals surface area (Å²) < 4.78 is 27.8. The van der Waals surface area contributed by atoms with Crippen LogP contribution in [0.3, 0.4) is 0 Å². The van der Waals surface area contributed by atoms with E-state index in [0.717, 1.165) is 24.1 Å². The average molecular weight is 410 g/mol. The Morgan fingerprint density at radius 1 is 1.11 bits per heavy atom. The van der Waals surface area contributed by atoms with E-state index in [1.165, 1.54) is 16.4 Å². The van der Waals surface area contributed by atoms with Crippen LogP contribution in [0.5, 0.6) is 0 Å². The van der Waals surface area contributed by atoms with E-state index in [-0.39, 0.29) is 23.2 Å². The first-order valence-electron chi connectivity index (χ1n) is 8.67. The largest absolute Gasteiger partial charge is 0.351 e.